The normalized spacial score (nSPS) is 12.0. The monoisotopic (exact) mass is 331 g/mol. The van der Waals surface area contributed by atoms with Crippen LogP contribution in [0.3, 0.4) is 0 Å². The smallest absolute Gasteiger partial charge is 0.270 e. The van der Waals surface area contributed by atoms with Crippen molar-refractivity contribution in [3.8, 4) is 0 Å². The van der Waals surface area contributed by atoms with E-state index in [1.165, 1.54) is 11.3 Å². The van der Waals surface area contributed by atoms with Crippen LogP contribution in [-0.2, 0) is 11.3 Å². The topological polar surface area (TPSA) is 62.3 Å². The van der Waals surface area contributed by atoms with Crippen molar-refractivity contribution in [1.82, 2.24) is 15.2 Å². The fraction of sp³-hybridized carbons (Fsp3) is 0.643. The van der Waals surface area contributed by atoms with Crippen molar-refractivity contribution in [2.45, 2.75) is 45.5 Å². The minimum Gasteiger partial charge on any atom is -0.351 e. The number of carbonyl (C=O) groups excluding carboxylic acids is 2. The minimum absolute atomic E-state index is 0.106. The standard InChI is InChI=1S/C14H22ClN3O2S/c1-4-6-16-13(19)11-9-21-12(17-11)8-18(7-5-2)14(20)10(3)15/h9-10H,4-8H2,1-3H3,(H,16,19)/t10-/m0/s1. The fourth-order valence-electron chi connectivity index (χ4n) is 1.77. The SMILES string of the molecule is CCCNC(=O)c1csc(CN(CCC)C(=O)[C@H](C)Cl)n1. The molecule has 0 radical (unpaired) electrons. The Labute approximate surface area is 134 Å². The van der Waals surface area contributed by atoms with Gasteiger partial charge in [-0.2, -0.15) is 0 Å². The molecular formula is C14H22ClN3O2S. The first-order chi connectivity index (χ1) is 9.99. The van der Waals surface area contributed by atoms with Gasteiger partial charge in [0.1, 0.15) is 16.1 Å². The average molecular weight is 332 g/mol. The summed E-state index contributed by atoms with van der Waals surface area (Å²) in [5.41, 5.74) is 0.409. The second-order valence-corrected chi connectivity index (χ2v) is 6.36. The highest BCUT2D eigenvalue weighted by Crippen LogP contribution is 2.14. The maximum absolute atomic E-state index is 12.0. The molecule has 1 aromatic rings. The maximum Gasteiger partial charge on any atom is 0.270 e. The van der Waals surface area contributed by atoms with E-state index in [0.29, 0.717) is 25.3 Å². The van der Waals surface area contributed by atoms with Crippen LogP contribution in [0.4, 0.5) is 0 Å². The van der Waals surface area contributed by atoms with E-state index < -0.39 is 5.38 Å². The van der Waals surface area contributed by atoms with Crippen molar-refractivity contribution < 1.29 is 9.59 Å². The van der Waals surface area contributed by atoms with E-state index in [2.05, 4.69) is 10.3 Å². The third-order valence-electron chi connectivity index (χ3n) is 2.79. The molecule has 1 heterocycles. The predicted octanol–water partition coefficient (Wildman–Crippen LogP) is 2.65. The lowest BCUT2D eigenvalue weighted by atomic mass is 10.3. The van der Waals surface area contributed by atoms with Gasteiger partial charge in [0.15, 0.2) is 0 Å². The van der Waals surface area contributed by atoms with Gasteiger partial charge in [-0.3, -0.25) is 9.59 Å². The van der Waals surface area contributed by atoms with E-state index in [4.69, 9.17) is 11.6 Å². The summed E-state index contributed by atoms with van der Waals surface area (Å²) in [6.07, 6.45) is 1.74. The Hall–Kier alpha value is -1.14. The summed E-state index contributed by atoms with van der Waals surface area (Å²) in [5.74, 6) is -0.274. The van der Waals surface area contributed by atoms with E-state index in [1.54, 1.807) is 17.2 Å². The molecule has 0 aromatic carbocycles. The van der Waals surface area contributed by atoms with Crippen molar-refractivity contribution in [1.29, 1.82) is 0 Å². The summed E-state index contributed by atoms with van der Waals surface area (Å²) >= 11 is 7.25. The van der Waals surface area contributed by atoms with Gasteiger partial charge in [0.05, 0.1) is 6.54 Å². The highest BCUT2D eigenvalue weighted by atomic mass is 35.5. The van der Waals surface area contributed by atoms with Crippen LogP contribution in [0.1, 0.15) is 49.1 Å². The van der Waals surface area contributed by atoms with Gasteiger partial charge in [0.2, 0.25) is 5.91 Å². The fourth-order valence-corrected chi connectivity index (χ4v) is 2.70. The largest absolute Gasteiger partial charge is 0.351 e. The number of amides is 2. The Balaban J connectivity index is 2.70. The van der Waals surface area contributed by atoms with Gasteiger partial charge in [-0.05, 0) is 19.8 Å². The van der Waals surface area contributed by atoms with Crippen molar-refractivity contribution in [2.24, 2.45) is 0 Å². The molecule has 0 bridgehead atoms. The van der Waals surface area contributed by atoms with Crippen molar-refractivity contribution in [2.75, 3.05) is 13.1 Å². The summed E-state index contributed by atoms with van der Waals surface area (Å²) in [6, 6.07) is 0. The number of carbonyl (C=O) groups is 2. The molecule has 5 nitrogen and oxygen atoms in total. The van der Waals surface area contributed by atoms with Crippen LogP contribution in [0.5, 0.6) is 0 Å². The number of hydrogen-bond acceptors (Lipinski definition) is 4. The lowest BCUT2D eigenvalue weighted by Crippen LogP contribution is -2.35. The molecule has 1 rings (SSSR count). The van der Waals surface area contributed by atoms with E-state index in [1.807, 2.05) is 13.8 Å². The Morgan fingerprint density at radius 2 is 2.14 bits per heavy atom. The third kappa shape index (κ3) is 5.63. The molecule has 118 valence electrons. The number of hydrogen-bond donors (Lipinski definition) is 1. The third-order valence-corrected chi connectivity index (χ3v) is 3.81. The molecule has 2 amide bonds. The lowest BCUT2D eigenvalue weighted by molar-refractivity contribution is -0.131. The van der Waals surface area contributed by atoms with Gasteiger partial charge in [0, 0.05) is 18.5 Å². The molecule has 0 aliphatic heterocycles. The molecular weight excluding hydrogens is 310 g/mol. The Morgan fingerprint density at radius 3 is 2.71 bits per heavy atom. The molecule has 0 aliphatic carbocycles. The number of thiazole rings is 1. The zero-order valence-corrected chi connectivity index (χ0v) is 14.3. The first-order valence-electron chi connectivity index (χ1n) is 7.15. The zero-order chi connectivity index (χ0) is 15.8. The van der Waals surface area contributed by atoms with Gasteiger partial charge >= 0.3 is 0 Å². The van der Waals surface area contributed by atoms with Gasteiger partial charge < -0.3 is 10.2 Å². The summed E-state index contributed by atoms with van der Waals surface area (Å²) in [7, 11) is 0. The van der Waals surface area contributed by atoms with Crippen molar-refractivity contribution in [3.05, 3.63) is 16.1 Å². The summed E-state index contributed by atoms with van der Waals surface area (Å²) in [6.45, 7) is 7.33. The molecule has 1 aromatic heterocycles. The molecule has 7 heteroatoms. The summed E-state index contributed by atoms with van der Waals surface area (Å²) in [4.78, 5) is 29.8. The molecule has 0 saturated heterocycles. The molecule has 0 spiro atoms. The van der Waals surface area contributed by atoms with E-state index >= 15 is 0 Å². The van der Waals surface area contributed by atoms with Crippen LogP contribution >= 0.6 is 22.9 Å². The second kappa shape index (κ2) is 9.00. The quantitative estimate of drug-likeness (QED) is 0.745. The van der Waals surface area contributed by atoms with Crippen molar-refractivity contribution in [3.63, 3.8) is 0 Å². The van der Waals surface area contributed by atoms with Crippen LogP contribution in [-0.4, -0.2) is 40.2 Å². The van der Waals surface area contributed by atoms with E-state index in [-0.39, 0.29) is 11.8 Å². The Morgan fingerprint density at radius 1 is 1.43 bits per heavy atom. The zero-order valence-electron chi connectivity index (χ0n) is 12.7. The predicted molar refractivity (Wildman–Crippen MR) is 85.8 cm³/mol. The molecule has 21 heavy (non-hydrogen) atoms. The van der Waals surface area contributed by atoms with Crippen molar-refractivity contribution >= 4 is 34.8 Å². The Kier molecular flexibility index (Phi) is 7.67. The van der Waals surface area contributed by atoms with Gasteiger partial charge in [-0.25, -0.2) is 4.98 Å². The number of halogens is 1. The number of aromatic nitrogens is 1. The van der Waals surface area contributed by atoms with Gasteiger partial charge in [-0.15, -0.1) is 22.9 Å². The molecule has 0 fully saturated rings. The molecule has 0 saturated carbocycles. The lowest BCUT2D eigenvalue weighted by Gasteiger charge is -2.22. The number of alkyl halides is 1. The number of nitrogens with one attached hydrogen (secondary N) is 1. The Bertz CT molecular complexity index is 477. The molecule has 1 atom stereocenters. The maximum atomic E-state index is 12.0. The van der Waals surface area contributed by atoms with Crippen LogP contribution in [0.2, 0.25) is 0 Å². The second-order valence-electron chi connectivity index (χ2n) is 4.76. The van der Waals surface area contributed by atoms with Crippen LogP contribution in [0.15, 0.2) is 5.38 Å². The van der Waals surface area contributed by atoms with E-state index in [9.17, 15) is 9.59 Å². The highest BCUT2D eigenvalue weighted by Gasteiger charge is 2.20. The number of rotatable bonds is 8. The van der Waals surface area contributed by atoms with Gasteiger partial charge in [0.25, 0.3) is 5.91 Å². The van der Waals surface area contributed by atoms with Crippen LogP contribution < -0.4 is 5.32 Å². The number of nitrogens with zero attached hydrogens (tertiary/aromatic N) is 2. The van der Waals surface area contributed by atoms with Crippen LogP contribution in [0, 0.1) is 0 Å². The minimum atomic E-state index is -0.552. The first-order valence-corrected chi connectivity index (χ1v) is 8.46. The van der Waals surface area contributed by atoms with Gasteiger partial charge in [-0.1, -0.05) is 13.8 Å². The van der Waals surface area contributed by atoms with E-state index in [0.717, 1.165) is 17.8 Å². The molecule has 1 N–H and O–H groups in total. The average Bonchev–Trinajstić information content (AvgIpc) is 2.92. The molecule has 0 aliphatic rings. The summed E-state index contributed by atoms with van der Waals surface area (Å²) in [5, 5.41) is 4.70. The van der Waals surface area contributed by atoms with Crippen LogP contribution in [0.25, 0.3) is 0 Å². The highest BCUT2D eigenvalue weighted by molar-refractivity contribution is 7.09. The summed E-state index contributed by atoms with van der Waals surface area (Å²) < 4.78 is 0. The molecule has 0 unspecified atom stereocenters. The first kappa shape index (κ1) is 17.9.